The molecule has 4 aliphatic rings. The summed E-state index contributed by atoms with van der Waals surface area (Å²) >= 11 is 14.8. The summed E-state index contributed by atoms with van der Waals surface area (Å²) in [6.07, 6.45) is -1.26. The molecule has 7 rings (SSSR count). The molecule has 3 atom stereocenters. The number of carbonyl (C=O) groups is 4. The first-order valence-corrected chi connectivity index (χ1v) is 13.2. The normalized spacial score (nSPS) is 27.4. The number of Topliss-reactive ketones (excluding diaryl/α,β-unsaturated/α-hetero) is 1. The van der Waals surface area contributed by atoms with Crippen molar-refractivity contribution in [3.05, 3.63) is 107 Å². The van der Waals surface area contributed by atoms with Crippen LogP contribution in [-0.4, -0.2) is 41.1 Å². The van der Waals surface area contributed by atoms with Crippen LogP contribution in [0.15, 0.2) is 78.9 Å². The first-order chi connectivity index (χ1) is 18.2. The van der Waals surface area contributed by atoms with E-state index >= 15 is 0 Å². The van der Waals surface area contributed by atoms with Gasteiger partial charge in [0.15, 0.2) is 6.10 Å². The number of nitrogens with zero attached hydrogens (tertiary/aromatic N) is 1. The Morgan fingerprint density at radius 2 is 1.21 bits per heavy atom. The summed E-state index contributed by atoms with van der Waals surface area (Å²) < 4.78 is 5.32. The molecule has 1 heterocycles. The SMILES string of the molecule is C[C@H](OC(=O)CCN1C(=O)[C@H]2[C@H](C1=O)C1(Cl)c3ccccc3C2(Cl)c2ccccc21)C(=O)c1ccccc1. The standard InChI is InChI=1S/C30H23Cl2NO5/c1-17(26(35)18-9-3-2-4-10-18)38-23(34)15-16-33-27(36)24-25(28(33)37)30(32)20-12-6-5-11-19(20)29(24,31)21-13-7-8-14-22(21)30/h2-14,17,24-25H,15-16H2,1H3/t17-,24+,25+,29?,30?/m0/s1. The van der Waals surface area contributed by atoms with Crippen molar-refractivity contribution in [3.63, 3.8) is 0 Å². The molecule has 0 spiro atoms. The zero-order valence-corrected chi connectivity index (χ0v) is 21.9. The number of ketones is 1. The second kappa shape index (κ2) is 8.79. The fraction of sp³-hybridized carbons (Fsp3) is 0.267. The molecule has 0 aromatic heterocycles. The maximum atomic E-state index is 13.8. The first-order valence-electron chi connectivity index (χ1n) is 12.4. The third kappa shape index (κ3) is 3.26. The fourth-order valence-electron chi connectivity index (χ4n) is 6.29. The third-order valence-corrected chi connectivity index (χ3v) is 9.24. The highest BCUT2D eigenvalue weighted by Gasteiger charge is 2.72. The molecule has 1 saturated heterocycles. The van der Waals surface area contributed by atoms with Crippen molar-refractivity contribution >= 4 is 46.8 Å². The largest absolute Gasteiger partial charge is 0.454 e. The number of hydrogen-bond donors (Lipinski definition) is 0. The lowest BCUT2D eigenvalue weighted by Crippen LogP contribution is -2.57. The number of imide groups is 1. The van der Waals surface area contributed by atoms with E-state index in [0.717, 1.165) is 4.90 Å². The van der Waals surface area contributed by atoms with Crippen LogP contribution < -0.4 is 0 Å². The van der Waals surface area contributed by atoms with Crippen LogP contribution in [0.4, 0.5) is 0 Å². The average Bonchev–Trinajstić information content (AvgIpc) is 3.20. The van der Waals surface area contributed by atoms with Crippen LogP contribution in [0.5, 0.6) is 0 Å². The van der Waals surface area contributed by atoms with Crippen molar-refractivity contribution in [1.29, 1.82) is 0 Å². The molecule has 0 radical (unpaired) electrons. The van der Waals surface area contributed by atoms with E-state index in [2.05, 4.69) is 0 Å². The lowest BCUT2D eigenvalue weighted by molar-refractivity contribution is -0.148. The minimum absolute atomic E-state index is 0.192. The van der Waals surface area contributed by atoms with Gasteiger partial charge < -0.3 is 4.74 Å². The van der Waals surface area contributed by atoms with Crippen molar-refractivity contribution < 1.29 is 23.9 Å². The minimum Gasteiger partial charge on any atom is -0.454 e. The maximum absolute atomic E-state index is 13.8. The Bertz CT molecular complexity index is 1380. The molecule has 0 saturated carbocycles. The Labute approximate surface area is 229 Å². The number of alkyl halides is 2. The van der Waals surface area contributed by atoms with Gasteiger partial charge in [-0.1, -0.05) is 78.9 Å². The molecule has 8 heteroatoms. The van der Waals surface area contributed by atoms with Crippen LogP contribution in [0.25, 0.3) is 0 Å². The van der Waals surface area contributed by atoms with Gasteiger partial charge in [-0.2, -0.15) is 0 Å². The van der Waals surface area contributed by atoms with E-state index in [1.165, 1.54) is 6.92 Å². The number of likely N-dealkylation sites (tertiary alicyclic amines) is 1. The quantitative estimate of drug-likeness (QED) is 0.192. The van der Waals surface area contributed by atoms with Gasteiger partial charge in [0.1, 0.15) is 9.75 Å². The molecule has 6 nitrogen and oxygen atoms in total. The molecule has 0 unspecified atom stereocenters. The topological polar surface area (TPSA) is 80.8 Å². The predicted octanol–water partition coefficient (Wildman–Crippen LogP) is 4.78. The molecule has 1 fully saturated rings. The van der Waals surface area contributed by atoms with Gasteiger partial charge in [0.2, 0.25) is 17.6 Å². The molecule has 3 aromatic carbocycles. The van der Waals surface area contributed by atoms with E-state index in [-0.39, 0.29) is 18.7 Å². The average molecular weight is 548 g/mol. The Kier molecular flexibility index (Phi) is 5.74. The van der Waals surface area contributed by atoms with Crippen molar-refractivity contribution in [2.24, 2.45) is 11.8 Å². The highest BCUT2D eigenvalue weighted by Crippen LogP contribution is 2.69. The zero-order valence-electron chi connectivity index (χ0n) is 20.4. The lowest BCUT2D eigenvalue weighted by Gasteiger charge is -2.54. The summed E-state index contributed by atoms with van der Waals surface area (Å²) in [6.45, 7) is 1.30. The van der Waals surface area contributed by atoms with Gasteiger partial charge in [-0.3, -0.25) is 24.1 Å². The fourth-order valence-corrected chi connectivity index (χ4v) is 7.39. The molecular weight excluding hydrogens is 525 g/mol. The van der Waals surface area contributed by atoms with E-state index in [1.54, 1.807) is 30.3 Å². The van der Waals surface area contributed by atoms with Crippen molar-refractivity contribution in [3.8, 4) is 0 Å². The highest BCUT2D eigenvalue weighted by atomic mass is 35.5. The molecule has 0 N–H and O–H groups in total. The van der Waals surface area contributed by atoms with E-state index in [0.29, 0.717) is 27.8 Å². The van der Waals surface area contributed by atoms with Crippen LogP contribution in [0, 0.1) is 11.8 Å². The Morgan fingerprint density at radius 1 is 0.789 bits per heavy atom. The van der Waals surface area contributed by atoms with E-state index in [9.17, 15) is 19.2 Å². The van der Waals surface area contributed by atoms with Gasteiger partial charge in [0, 0.05) is 12.1 Å². The number of halogens is 2. The summed E-state index contributed by atoms with van der Waals surface area (Å²) in [5, 5.41) is 0. The lowest BCUT2D eigenvalue weighted by atomic mass is 9.54. The predicted molar refractivity (Wildman–Crippen MR) is 141 cm³/mol. The van der Waals surface area contributed by atoms with E-state index in [4.69, 9.17) is 27.9 Å². The smallest absolute Gasteiger partial charge is 0.308 e. The maximum Gasteiger partial charge on any atom is 0.308 e. The molecule has 192 valence electrons. The van der Waals surface area contributed by atoms with E-state index in [1.807, 2.05) is 48.5 Å². The molecule has 3 aliphatic carbocycles. The molecule has 2 bridgehead atoms. The Balaban J connectivity index is 1.26. The highest BCUT2D eigenvalue weighted by molar-refractivity contribution is 6.36. The number of carbonyl (C=O) groups excluding carboxylic acids is 4. The number of esters is 1. The van der Waals surface area contributed by atoms with Crippen molar-refractivity contribution in [2.45, 2.75) is 29.2 Å². The molecular formula is C30H23Cl2NO5. The van der Waals surface area contributed by atoms with Crippen LogP contribution in [0.1, 0.15) is 46.0 Å². The van der Waals surface area contributed by atoms with Crippen LogP contribution in [-0.2, 0) is 28.9 Å². The summed E-state index contributed by atoms with van der Waals surface area (Å²) in [5.74, 6) is -3.80. The Hall–Kier alpha value is -3.48. The number of rotatable bonds is 6. The van der Waals surface area contributed by atoms with Crippen LogP contribution in [0.3, 0.4) is 0 Å². The number of hydrogen-bond acceptors (Lipinski definition) is 5. The number of ether oxygens (including phenoxy) is 1. The second-order valence-electron chi connectivity index (χ2n) is 9.91. The van der Waals surface area contributed by atoms with Gasteiger partial charge in [0.05, 0.1) is 18.3 Å². The number of amides is 2. The van der Waals surface area contributed by atoms with Crippen molar-refractivity contribution in [2.75, 3.05) is 6.54 Å². The van der Waals surface area contributed by atoms with Crippen molar-refractivity contribution in [1.82, 2.24) is 4.90 Å². The van der Waals surface area contributed by atoms with Gasteiger partial charge in [-0.25, -0.2) is 0 Å². The Morgan fingerprint density at radius 3 is 1.66 bits per heavy atom. The van der Waals surface area contributed by atoms with Gasteiger partial charge in [-0.05, 0) is 29.2 Å². The summed E-state index contributed by atoms with van der Waals surface area (Å²) in [7, 11) is 0. The molecule has 1 aliphatic heterocycles. The first kappa shape index (κ1) is 24.8. The zero-order chi connectivity index (χ0) is 26.8. The second-order valence-corrected chi connectivity index (χ2v) is 11.1. The summed E-state index contributed by atoms with van der Waals surface area (Å²) in [5.41, 5.74) is 3.29. The monoisotopic (exact) mass is 547 g/mol. The summed E-state index contributed by atoms with van der Waals surface area (Å²) in [4.78, 5) is 51.3. The summed E-state index contributed by atoms with van der Waals surface area (Å²) in [6, 6.07) is 23.3. The number of benzene rings is 3. The van der Waals surface area contributed by atoms with Crippen LogP contribution >= 0.6 is 23.2 Å². The molecule has 3 aromatic rings. The van der Waals surface area contributed by atoms with Crippen LogP contribution in [0.2, 0.25) is 0 Å². The van der Waals surface area contributed by atoms with Gasteiger partial charge in [-0.15, -0.1) is 23.2 Å². The van der Waals surface area contributed by atoms with E-state index < -0.39 is 45.5 Å². The minimum atomic E-state index is -1.27. The van der Waals surface area contributed by atoms with Gasteiger partial charge in [0.25, 0.3) is 0 Å². The van der Waals surface area contributed by atoms with Gasteiger partial charge >= 0.3 is 5.97 Å². The molecule has 38 heavy (non-hydrogen) atoms. The third-order valence-electron chi connectivity index (χ3n) is 7.95. The molecule has 2 amide bonds.